The van der Waals surface area contributed by atoms with Gasteiger partial charge in [0.05, 0.1) is 18.2 Å². The van der Waals surface area contributed by atoms with Crippen LogP contribution in [0.3, 0.4) is 0 Å². The molecular formula is C19H19Cl2NO3. The van der Waals surface area contributed by atoms with E-state index in [0.29, 0.717) is 35.5 Å². The first kappa shape index (κ1) is 18.1. The highest BCUT2D eigenvalue weighted by atomic mass is 35.5. The van der Waals surface area contributed by atoms with Gasteiger partial charge in [-0.2, -0.15) is 0 Å². The summed E-state index contributed by atoms with van der Waals surface area (Å²) in [7, 11) is 0. The minimum absolute atomic E-state index is 0.0675. The number of hydrogen-bond donors (Lipinski definition) is 0. The predicted molar refractivity (Wildman–Crippen MR) is 98.4 cm³/mol. The first-order valence-electron chi connectivity index (χ1n) is 8.07. The minimum Gasteiger partial charge on any atom is -0.482 e. The van der Waals surface area contributed by atoms with Crippen LogP contribution in [0.15, 0.2) is 42.5 Å². The number of carbonyl (C=O) groups excluding carboxylic acids is 1. The highest BCUT2D eigenvalue weighted by Gasteiger charge is 2.25. The van der Waals surface area contributed by atoms with Crippen LogP contribution >= 0.6 is 23.2 Å². The van der Waals surface area contributed by atoms with Crippen LogP contribution in [0.1, 0.15) is 17.2 Å². The molecule has 1 atom stereocenters. The van der Waals surface area contributed by atoms with E-state index in [1.165, 1.54) is 5.56 Å². The lowest BCUT2D eigenvalue weighted by molar-refractivity contribution is -0.141. The summed E-state index contributed by atoms with van der Waals surface area (Å²) in [6.45, 7) is 3.55. The molecule has 1 saturated heterocycles. The van der Waals surface area contributed by atoms with Crippen LogP contribution in [-0.4, -0.2) is 37.1 Å². The molecule has 1 amide bonds. The number of morpholine rings is 1. The standard InChI is InChI=1S/C19H19Cl2NO3/c1-13-2-4-14(5-3-13)18-11-22(8-9-24-18)19(23)12-25-17-7-6-15(20)10-16(17)21/h2-7,10,18H,8-9,11-12H2,1H3. The van der Waals surface area contributed by atoms with Gasteiger partial charge in [-0.3, -0.25) is 4.79 Å². The summed E-state index contributed by atoms with van der Waals surface area (Å²) in [5.41, 5.74) is 2.27. The second kappa shape index (κ2) is 8.09. The van der Waals surface area contributed by atoms with Gasteiger partial charge in [-0.15, -0.1) is 0 Å². The van der Waals surface area contributed by atoms with Gasteiger partial charge < -0.3 is 14.4 Å². The van der Waals surface area contributed by atoms with Crippen molar-refractivity contribution in [2.75, 3.05) is 26.3 Å². The van der Waals surface area contributed by atoms with Crippen LogP contribution in [0.2, 0.25) is 10.0 Å². The Morgan fingerprint density at radius 2 is 2.00 bits per heavy atom. The molecule has 25 heavy (non-hydrogen) atoms. The lowest BCUT2D eigenvalue weighted by atomic mass is 10.1. The molecule has 0 bridgehead atoms. The first-order chi connectivity index (χ1) is 12.0. The van der Waals surface area contributed by atoms with Crippen molar-refractivity contribution >= 4 is 29.1 Å². The Labute approximate surface area is 157 Å². The second-order valence-electron chi connectivity index (χ2n) is 5.97. The molecule has 0 aliphatic carbocycles. The number of benzene rings is 2. The molecule has 1 fully saturated rings. The van der Waals surface area contributed by atoms with Crippen LogP contribution in [0.5, 0.6) is 5.75 Å². The number of hydrogen-bond acceptors (Lipinski definition) is 3. The number of halogens is 2. The Bertz CT molecular complexity index is 749. The molecule has 0 spiro atoms. The van der Waals surface area contributed by atoms with Crippen LogP contribution < -0.4 is 4.74 Å². The maximum atomic E-state index is 12.5. The van der Waals surface area contributed by atoms with E-state index in [0.717, 1.165) is 5.56 Å². The molecule has 0 radical (unpaired) electrons. The molecular weight excluding hydrogens is 361 g/mol. The van der Waals surface area contributed by atoms with Crippen molar-refractivity contribution in [3.63, 3.8) is 0 Å². The summed E-state index contributed by atoms with van der Waals surface area (Å²) in [5.74, 6) is 0.356. The van der Waals surface area contributed by atoms with E-state index in [1.807, 2.05) is 31.2 Å². The van der Waals surface area contributed by atoms with E-state index in [-0.39, 0.29) is 18.6 Å². The van der Waals surface area contributed by atoms with Gasteiger partial charge in [-0.1, -0.05) is 53.0 Å². The lowest BCUT2D eigenvalue weighted by Gasteiger charge is -2.33. The normalized spacial score (nSPS) is 17.4. The molecule has 132 valence electrons. The zero-order valence-corrected chi connectivity index (χ0v) is 15.4. The fraction of sp³-hybridized carbons (Fsp3) is 0.316. The van der Waals surface area contributed by atoms with Gasteiger partial charge >= 0.3 is 0 Å². The minimum atomic E-state index is -0.114. The van der Waals surface area contributed by atoms with Crippen molar-refractivity contribution in [3.05, 3.63) is 63.6 Å². The number of ether oxygens (including phenoxy) is 2. The molecule has 2 aromatic rings. The molecule has 1 unspecified atom stereocenters. The Hall–Kier alpha value is -1.75. The summed E-state index contributed by atoms with van der Waals surface area (Å²) < 4.78 is 11.3. The summed E-state index contributed by atoms with van der Waals surface area (Å²) in [6.07, 6.45) is -0.114. The van der Waals surface area contributed by atoms with E-state index >= 15 is 0 Å². The van der Waals surface area contributed by atoms with E-state index < -0.39 is 0 Å². The molecule has 6 heteroatoms. The monoisotopic (exact) mass is 379 g/mol. The summed E-state index contributed by atoms with van der Waals surface area (Å²) >= 11 is 11.9. The van der Waals surface area contributed by atoms with E-state index in [1.54, 1.807) is 23.1 Å². The SMILES string of the molecule is Cc1ccc(C2CN(C(=O)COc3ccc(Cl)cc3Cl)CCO2)cc1. The third-order valence-electron chi connectivity index (χ3n) is 4.11. The number of nitrogens with zero attached hydrogens (tertiary/aromatic N) is 1. The van der Waals surface area contributed by atoms with Gasteiger partial charge in [0.25, 0.3) is 5.91 Å². The smallest absolute Gasteiger partial charge is 0.260 e. The van der Waals surface area contributed by atoms with E-state index in [9.17, 15) is 4.79 Å². The van der Waals surface area contributed by atoms with E-state index in [4.69, 9.17) is 32.7 Å². The topological polar surface area (TPSA) is 38.8 Å². The summed E-state index contributed by atoms with van der Waals surface area (Å²) in [5, 5.41) is 0.914. The van der Waals surface area contributed by atoms with Crippen molar-refractivity contribution < 1.29 is 14.3 Å². The van der Waals surface area contributed by atoms with Crippen molar-refractivity contribution in [1.29, 1.82) is 0 Å². The maximum Gasteiger partial charge on any atom is 0.260 e. The first-order valence-corrected chi connectivity index (χ1v) is 8.82. The molecule has 0 N–H and O–H groups in total. The van der Waals surface area contributed by atoms with Gasteiger partial charge in [0.15, 0.2) is 6.61 Å². The van der Waals surface area contributed by atoms with Gasteiger partial charge in [-0.05, 0) is 30.7 Å². The van der Waals surface area contributed by atoms with Gasteiger partial charge in [-0.25, -0.2) is 0 Å². The molecule has 2 aromatic carbocycles. The zero-order valence-electron chi connectivity index (χ0n) is 13.9. The molecule has 1 heterocycles. The molecule has 1 aliphatic rings. The van der Waals surface area contributed by atoms with Crippen molar-refractivity contribution in [2.24, 2.45) is 0 Å². The quantitative estimate of drug-likeness (QED) is 0.795. The Kier molecular flexibility index (Phi) is 5.84. The van der Waals surface area contributed by atoms with Gasteiger partial charge in [0.2, 0.25) is 0 Å². The summed E-state index contributed by atoms with van der Waals surface area (Å²) in [4.78, 5) is 14.2. The van der Waals surface area contributed by atoms with E-state index in [2.05, 4.69) is 0 Å². The fourth-order valence-electron chi connectivity index (χ4n) is 2.68. The Morgan fingerprint density at radius 1 is 1.24 bits per heavy atom. The third-order valence-corrected chi connectivity index (χ3v) is 4.64. The molecule has 0 aromatic heterocycles. The number of carbonyl (C=O) groups is 1. The van der Waals surface area contributed by atoms with Crippen LogP contribution in [0.4, 0.5) is 0 Å². The fourth-order valence-corrected chi connectivity index (χ4v) is 3.14. The maximum absolute atomic E-state index is 12.5. The Balaban J connectivity index is 1.59. The van der Waals surface area contributed by atoms with Crippen molar-refractivity contribution in [3.8, 4) is 5.75 Å². The number of amides is 1. The number of aryl methyl sites for hydroxylation is 1. The molecule has 4 nitrogen and oxygen atoms in total. The average Bonchev–Trinajstić information content (AvgIpc) is 2.61. The van der Waals surface area contributed by atoms with Gasteiger partial charge in [0.1, 0.15) is 11.9 Å². The highest BCUT2D eigenvalue weighted by molar-refractivity contribution is 6.35. The van der Waals surface area contributed by atoms with Crippen molar-refractivity contribution in [1.82, 2.24) is 4.90 Å². The number of rotatable bonds is 4. The summed E-state index contributed by atoms with van der Waals surface area (Å²) in [6, 6.07) is 13.1. The van der Waals surface area contributed by atoms with Crippen LogP contribution in [-0.2, 0) is 9.53 Å². The molecule has 3 rings (SSSR count). The van der Waals surface area contributed by atoms with Crippen LogP contribution in [0.25, 0.3) is 0 Å². The van der Waals surface area contributed by atoms with Crippen LogP contribution in [0, 0.1) is 6.92 Å². The Morgan fingerprint density at radius 3 is 2.72 bits per heavy atom. The average molecular weight is 380 g/mol. The van der Waals surface area contributed by atoms with Crippen molar-refractivity contribution in [2.45, 2.75) is 13.0 Å². The predicted octanol–water partition coefficient (Wildman–Crippen LogP) is 4.28. The van der Waals surface area contributed by atoms with Gasteiger partial charge in [0, 0.05) is 11.6 Å². The molecule has 0 saturated carbocycles. The molecule has 1 aliphatic heterocycles. The lowest BCUT2D eigenvalue weighted by Crippen LogP contribution is -2.44. The second-order valence-corrected chi connectivity index (χ2v) is 6.82. The largest absolute Gasteiger partial charge is 0.482 e. The third kappa shape index (κ3) is 4.66. The zero-order chi connectivity index (χ0) is 17.8. The highest BCUT2D eigenvalue weighted by Crippen LogP contribution is 2.28.